The Morgan fingerprint density at radius 1 is 1.20 bits per heavy atom. The number of benzene rings is 1. The van der Waals surface area contributed by atoms with Gasteiger partial charge in [-0.1, -0.05) is 13.0 Å². The third-order valence-corrected chi connectivity index (χ3v) is 3.95. The van der Waals surface area contributed by atoms with E-state index in [9.17, 15) is 0 Å². The van der Waals surface area contributed by atoms with E-state index >= 15 is 0 Å². The Morgan fingerprint density at radius 2 is 2.05 bits per heavy atom. The fourth-order valence-corrected chi connectivity index (χ4v) is 2.83. The van der Waals surface area contributed by atoms with Crippen LogP contribution in [0, 0.1) is 0 Å². The van der Waals surface area contributed by atoms with Gasteiger partial charge in [0.25, 0.3) is 0 Å². The minimum Gasteiger partial charge on any atom is -0.467 e. The molecule has 2 aromatic rings. The normalized spacial score (nSPS) is 16.4. The molecule has 2 heterocycles. The molecule has 1 aromatic heterocycles. The molecule has 3 heteroatoms. The second-order valence-electron chi connectivity index (χ2n) is 5.37. The van der Waals surface area contributed by atoms with Crippen molar-refractivity contribution in [3.8, 4) is 0 Å². The second-order valence-corrected chi connectivity index (χ2v) is 5.37. The fourth-order valence-electron chi connectivity index (χ4n) is 2.83. The maximum atomic E-state index is 5.52. The highest BCUT2D eigenvalue weighted by Gasteiger charge is 2.14. The zero-order valence-corrected chi connectivity index (χ0v) is 12.0. The first-order valence-electron chi connectivity index (χ1n) is 7.52. The van der Waals surface area contributed by atoms with Crippen molar-refractivity contribution in [2.45, 2.75) is 32.2 Å². The summed E-state index contributed by atoms with van der Waals surface area (Å²) in [5.41, 5.74) is 2.49. The first kappa shape index (κ1) is 13.1. The van der Waals surface area contributed by atoms with Gasteiger partial charge in [-0.2, -0.15) is 0 Å². The minimum atomic E-state index is 0.235. The molecule has 0 aliphatic carbocycles. The molecule has 1 saturated heterocycles. The van der Waals surface area contributed by atoms with Crippen molar-refractivity contribution in [3.63, 3.8) is 0 Å². The molecule has 0 radical (unpaired) electrons. The quantitative estimate of drug-likeness (QED) is 0.870. The molecule has 1 aliphatic rings. The topological polar surface area (TPSA) is 28.4 Å². The van der Waals surface area contributed by atoms with Crippen LogP contribution in [0.3, 0.4) is 0 Å². The van der Waals surface area contributed by atoms with Crippen LogP contribution in [0.1, 0.15) is 38.0 Å². The van der Waals surface area contributed by atoms with Crippen molar-refractivity contribution in [3.05, 3.63) is 48.4 Å². The maximum Gasteiger partial charge on any atom is 0.125 e. The molecular formula is C17H22N2O. The molecule has 1 fully saturated rings. The Morgan fingerprint density at radius 3 is 2.75 bits per heavy atom. The Labute approximate surface area is 120 Å². The van der Waals surface area contributed by atoms with E-state index in [-0.39, 0.29) is 6.04 Å². The molecule has 3 nitrogen and oxygen atoms in total. The summed E-state index contributed by atoms with van der Waals surface area (Å²) < 4.78 is 5.52. The van der Waals surface area contributed by atoms with E-state index in [1.165, 1.54) is 31.6 Å². The van der Waals surface area contributed by atoms with Gasteiger partial charge in [-0.3, -0.25) is 0 Å². The SMILES string of the molecule is CCC(Nc1cccc(N2CCCC2)c1)c1ccco1. The molecule has 0 saturated carbocycles. The highest BCUT2D eigenvalue weighted by atomic mass is 16.3. The summed E-state index contributed by atoms with van der Waals surface area (Å²) in [6, 6.07) is 12.9. The zero-order valence-electron chi connectivity index (χ0n) is 12.0. The van der Waals surface area contributed by atoms with E-state index in [4.69, 9.17) is 4.42 Å². The Bertz CT molecular complexity index is 530. The number of nitrogens with one attached hydrogen (secondary N) is 1. The highest BCUT2D eigenvalue weighted by molar-refractivity contribution is 5.59. The van der Waals surface area contributed by atoms with E-state index < -0.39 is 0 Å². The Balaban J connectivity index is 1.74. The van der Waals surface area contributed by atoms with Crippen molar-refractivity contribution >= 4 is 11.4 Å². The van der Waals surface area contributed by atoms with Crippen LogP contribution in [0.4, 0.5) is 11.4 Å². The van der Waals surface area contributed by atoms with Crippen LogP contribution < -0.4 is 10.2 Å². The molecular weight excluding hydrogens is 248 g/mol. The Hall–Kier alpha value is -1.90. The summed E-state index contributed by atoms with van der Waals surface area (Å²) in [6.45, 7) is 4.53. The van der Waals surface area contributed by atoms with Gasteiger partial charge >= 0.3 is 0 Å². The van der Waals surface area contributed by atoms with E-state index in [1.807, 2.05) is 12.1 Å². The molecule has 20 heavy (non-hydrogen) atoms. The van der Waals surface area contributed by atoms with E-state index in [0.29, 0.717) is 0 Å². The van der Waals surface area contributed by atoms with E-state index in [2.05, 4.69) is 41.4 Å². The maximum absolute atomic E-state index is 5.52. The average molecular weight is 270 g/mol. The lowest BCUT2D eigenvalue weighted by atomic mass is 10.1. The lowest BCUT2D eigenvalue weighted by molar-refractivity contribution is 0.474. The van der Waals surface area contributed by atoms with Crippen molar-refractivity contribution < 1.29 is 4.42 Å². The smallest absolute Gasteiger partial charge is 0.125 e. The van der Waals surface area contributed by atoms with Gasteiger partial charge in [0, 0.05) is 24.5 Å². The van der Waals surface area contributed by atoms with Gasteiger partial charge in [-0.05, 0) is 49.6 Å². The summed E-state index contributed by atoms with van der Waals surface area (Å²) in [4.78, 5) is 2.46. The zero-order chi connectivity index (χ0) is 13.8. The third kappa shape index (κ3) is 2.82. The molecule has 0 amide bonds. The lowest BCUT2D eigenvalue weighted by Gasteiger charge is -2.21. The average Bonchev–Trinajstić information content (AvgIpc) is 3.17. The number of hydrogen-bond acceptors (Lipinski definition) is 3. The van der Waals surface area contributed by atoms with Gasteiger partial charge in [0.1, 0.15) is 5.76 Å². The number of furan rings is 1. The van der Waals surface area contributed by atoms with E-state index in [0.717, 1.165) is 17.9 Å². The Kier molecular flexibility index (Phi) is 3.95. The minimum absolute atomic E-state index is 0.235. The standard InChI is InChI=1S/C17H22N2O/c1-2-16(17-9-6-12-20-17)18-14-7-5-8-15(13-14)19-10-3-4-11-19/h5-9,12-13,16,18H,2-4,10-11H2,1H3. The van der Waals surface area contributed by atoms with Crippen LogP contribution in [0.25, 0.3) is 0 Å². The molecule has 3 rings (SSSR count). The summed E-state index contributed by atoms with van der Waals surface area (Å²) in [5.74, 6) is 0.999. The molecule has 106 valence electrons. The molecule has 1 unspecified atom stereocenters. The van der Waals surface area contributed by atoms with Crippen molar-refractivity contribution in [2.24, 2.45) is 0 Å². The molecule has 0 spiro atoms. The van der Waals surface area contributed by atoms with Gasteiger partial charge in [0.15, 0.2) is 0 Å². The number of anilines is 2. The first-order valence-corrected chi connectivity index (χ1v) is 7.52. The summed E-state index contributed by atoms with van der Waals surface area (Å²) >= 11 is 0. The first-order chi connectivity index (χ1) is 9.86. The fraction of sp³-hybridized carbons (Fsp3) is 0.412. The summed E-state index contributed by atoms with van der Waals surface area (Å²) in [5, 5.41) is 3.57. The largest absolute Gasteiger partial charge is 0.467 e. The lowest BCUT2D eigenvalue weighted by Crippen LogP contribution is -2.17. The van der Waals surface area contributed by atoms with Crippen LogP contribution in [-0.4, -0.2) is 13.1 Å². The van der Waals surface area contributed by atoms with Crippen LogP contribution in [0.2, 0.25) is 0 Å². The van der Waals surface area contributed by atoms with Gasteiger partial charge in [0.2, 0.25) is 0 Å². The summed E-state index contributed by atoms with van der Waals surface area (Å²) in [7, 11) is 0. The van der Waals surface area contributed by atoms with Crippen molar-refractivity contribution in [2.75, 3.05) is 23.3 Å². The number of rotatable bonds is 5. The van der Waals surface area contributed by atoms with Gasteiger partial charge in [0.05, 0.1) is 12.3 Å². The van der Waals surface area contributed by atoms with E-state index in [1.54, 1.807) is 6.26 Å². The second kappa shape index (κ2) is 6.04. The monoisotopic (exact) mass is 270 g/mol. The number of nitrogens with zero attached hydrogens (tertiary/aromatic N) is 1. The van der Waals surface area contributed by atoms with Crippen LogP contribution in [0.5, 0.6) is 0 Å². The highest BCUT2D eigenvalue weighted by Crippen LogP contribution is 2.27. The van der Waals surface area contributed by atoms with Gasteiger partial charge in [-0.25, -0.2) is 0 Å². The molecule has 1 aromatic carbocycles. The summed E-state index contributed by atoms with van der Waals surface area (Å²) in [6.07, 6.45) is 5.35. The van der Waals surface area contributed by atoms with Crippen LogP contribution in [-0.2, 0) is 0 Å². The number of hydrogen-bond donors (Lipinski definition) is 1. The third-order valence-electron chi connectivity index (χ3n) is 3.95. The van der Waals surface area contributed by atoms with Gasteiger partial charge < -0.3 is 14.6 Å². The van der Waals surface area contributed by atoms with Crippen LogP contribution in [0.15, 0.2) is 47.1 Å². The molecule has 1 aliphatic heterocycles. The van der Waals surface area contributed by atoms with Crippen LogP contribution >= 0.6 is 0 Å². The predicted octanol–water partition coefficient (Wildman–Crippen LogP) is 4.44. The van der Waals surface area contributed by atoms with Gasteiger partial charge in [-0.15, -0.1) is 0 Å². The van der Waals surface area contributed by atoms with Crippen molar-refractivity contribution in [1.29, 1.82) is 0 Å². The molecule has 1 atom stereocenters. The molecule has 1 N–H and O–H groups in total. The van der Waals surface area contributed by atoms with Crippen molar-refractivity contribution in [1.82, 2.24) is 0 Å². The predicted molar refractivity (Wildman–Crippen MR) is 83.3 cm³/mol. The molecule has 0 bridgehead atoms.